The van der Waals surface area contributed by atoms with Gasteiger partial charge in [-0.3, -0.25) is 4.90 Å². The van der Waals surface area contributed by atoms with Crippen LogP contribution in [-0.4, -0.2) is 42.1 Å². The summed E-state index contributed by atoms with van der Waals surface area (Å²) in [7, 11) is -0.295. The van der Waals surface area contributed by atoms with Crippen LogP contribution >= 0.6 is 0 Å². The first-order chi connectivity index (χ1) is 7.88. The highest BCUT2D eigenvalue weighted by molar-refractivity contribution is 6.58. The van der Waals surface area contributed by atoms with Gasteiger partial charge in [0.05, 0.1) is 6.54 Å². The lowest BCUT2D eigenvalue weighted by atomic mass is 9.79. The summed E-state index contributed by atoms with van der Waals surface area (Å²) in [5.74, 6) is -0.629. The molecule has 7 heteroatoms. The largest absolute Gasteiger partial charge is 0.488 e. The van der Waals surface area contributed by atoms with Crippen LogP contribution in [0, 0.1) is 5.82 Å². The summed E-state index contributed by atoms with van der Waals surface area (Å²) in [4.78, 5) is 1.33. The molecular formula is C10H13BF3NO2. The summed E-state index contributed by atoms with van der Waals surface area (Å²) in [5.41, 5.74) is 0.418. The molecule has 0 heterocycles. The molecular weight excluding hydrogens is 234 g/mol. The minimum atomic E-state index is -2.46. The first-order valence-corrected chi connectivity index (χ1v) is 5.00. The van der Waals surface area contributed by atoms with E-state index in [1.165, 1.54) is 24.1 Å². The molecule has 0 atom stereocenters. The maximum atomic E-state index is 13.1. The van der Waals surface area contributed by atoms with Crippen LogP contribution < -0.4 is 5.46 Å². The smallest absolute Gasteiger partial charge is 0.423 e. The van der Waals surface area contributed by atoms with Crippen molar-refractivity contribution < 1.29 is 23.2 Å². The van der Waals surface area contributed by atoms with E-state index in [-0.39, 0.29) is 12.0 Å². The van der Waals surface area contributed by atoms with Gasteiger partial charge >= 0.3 is 7.12 Å². The second kappa shape index (κ2) is 6.04. The molecule has 2 N–H and O–H groups in total. The van der Waals surface area contributed by atoms with Crippen LogP contribution in [0.4, 0.5) is 13.2 Å². The Hall–Kier alpha value is -1.05. The molecule has 1 aromatic rings. The lowest BCUT2D eigenvalue weighted by Gasteiger charge is -2.16. The fourth-order valence-corrected chi connectivity index (χ4v) is 1.53. The van der Waals surface area contributed by atoms with E-state index in [0.29, 0.717) is 5.56 Å². The van der Waals surface area contributed by atoms with Crippen molar-refractivity contribution in [2.45, 2.75) is 13.0 Å². The van der Waals surface area contributed by atoms with Gasteiger partial charge in [0.2, 0.25) is 0 Å². The molecule has 0 aliphatic heterocycles. The average Bonchev–Trinajstić information content (AvgIpc) is 2.14. The number of benzene rings is 1. The highest BCUT2D eigenvalue weighted by Crippen LogP contribution is 2.07. The standard InChI is InChI=1S/C10H13BF3NO2/c1-15(6-10(13)14)5-7-2-8(11(16)17)4-9(12)3-7/h2-4,10,16-17H,5-6H2,1H3. The van der Waals surface area contributed by atoms with Crippen LogP contribution in [0.15, 0.2) is 18.2 Å². The summed E-state index contributed by atoms with van der Waals surface area (Å²) in [5, 5.41) is 17.8. The van der Waals surface area contributed by atoms with E-state index in [2.05, 4.69) is 0 Å². The van der Waals surface area contributed by atoms with Gasteiger partial charge in [-0.05, 0) is 30.2 Å². The molecule has 0 unspecified atom stereocenters. The van der Waals surface area contributed by atoms with Gasteiger partial charge in [-0.15, -0.1) is 0 Å². The lowest BCUT2D eigenvalue weighted by molar-refractivity contribution is 0.0975. The molecule has 0 amide bonds. The van der Waals surface area contributed by atoms with Crippen LogP contribution in [0.3, 0.4) is 0 Å². The number of hydrogen-bond acceptors (Lipinski definition) is 3. The fraction of sp³-hybridized carbons (Fsp3) is 0.400. The molecule has 0 fully saturated rings. The first kappa shape index (κ1) is 14.0. The molecule has 3 nitrogen and oxygen atoms in total. The predicted octanol–water partition coefficient (Wildman–Crippen LogP) is 0.202. The summed E-state index contributed by atoms with van der Waals surface area (Å²) >= 11 is 0. The molecule has 17 heavy (non-hydrogen) atoms. The van der Waals surface area contributed by atoms with Gasteiger partial charge in [0.15, 0.2) is 0 Å². The van der Waals surface area contributed by atoms with Gasteiger partial charge in [0.25, 0.3) is 6.43 Å². The number of halogens is 3. The lowest BCUT2D eigenvalue weighted by Crippen LogP contribution is -2.31. The van der Waals surface area contributed by atoms with Gasteiger partial charge in [-0.1, -0.05) is 6.07 Å². The molecule has 0 bridgehead atoms. The normalized spacial score (nSPS) is 11.3. The second-order valence-electron chi connectivity index (χ2n) is 3.85. The molecule has 0 aliphatic rings. The first-order valence-electron chi connectivity index (χ1n) is 5.00. The Balaban J connectivity index is 2.77. The maximum Gasteiger partial charge on any atom is 0.488 e. The monoisotopic (exact) mass is 247 g/mol. The number of hydrogen-bond donors (Lipinski definition) is 2. The molecule has 0 aliphatic carbocycles. The SMILES string of the molecule is CN(Cc1cc(F)cc(B(O)O)c1)CC(F)F. The second-order valence-corrected chi connectivity index (χ2v) is 3.85. The molecule has 0 spiro atoms. The topological polar surface area (TPSA) is 43.7 Å². The Labute approximate surface area is 97.6 Å². The van der Waals surface area contributed by atoms with Gasteiger partial charge in [-0.2, -0.15) is 0 Å². The average molecular weight is 247 g/mol. The van der Waals surface area contributed by atoms with E-state index in [1.54, 1.807) is 0 Å². The Morgan fingerprint density at radius 1 is 1.29 bits per heavy atom. The van der Waals surface area contributed by atoms with Crippen LogP contribution in [0.1, 0.15) is 5.56 Å². The van der Waals surface area contributed by atoms with Crippen molar-refractivity contribution in [3.05, 3.63) is 29.6 Å². The molecule has 1 aromatic carbocycles. The van der Waals surface area contributed by atoms with Gasteiger partial charge in [0, 0.05) is 6.54 Å². The number of alkyl halides is 2. The van der Waals surface area contributed by atoms with Crippen LogP contribution in [0.5, 0.6) is 0 Å². The quantitative estimate of drug-likeness (QED) is 0.730. The summed E-state index contributed by atoms with van der Waals surface area (Å²) in [6.07, 6.45) is -2.46. The van der Waals surface area contributed by atoms with Crippen molar-refractivity contribution in [2.24, 2.45) is 0 Å². The maximum absolute atomic E-state index is 13.1. The molecule has 0 saturated carbocycles. The van der Waals surface area contributed by atoms with Crippen molar-refractivity contribution >= 4 is 12.6 Å². The third-order valence-corrected chi connectivity index (χ3v) is 2.18. The molecule has 0 saturated heterocycles. The van der Waals surface area contributed by atoms with E-state index < -0.39 is 25.9 Å². The van der Waals surface area contributed by atoms with Crippen molar-refractivity contribution in [3.63, 3.8) is 0 Å². The summed E-state index contributed by atoms with van der Waals surface area (Å²) in [6, 6.07) is 3.53. The highest BCUT2D eigenvalue weighted by atomic mass is 19.3. The van der Waals surface area contributed by atoms with E-state index in [0.717, 1.165) is 6.07 Å². The van der Waals surface area contributed by atoms with E-state index in [9.17, 15) is 13.2 Å². The Morgan fingerprint density at radius 2 is 1.94 bits per heavy atom. The van der Waals surface area contributed by atoms with E-state index >= 15 is 0 Å². The van der Waals surface area contributed by atoms with Gasteiger partial charge in [-0.25, -0.2) is 13.2 Å². The zero-order valence-corrected chi connectivity index (χ0v) is 9.28. The third-order valence-electron chi connectivity index (χ3n) is 2.18. The predicted molar refractivity (Wildman–Crippen MR) is 58.6 cm³/mol. The zero-order valence-electron chi connectivity index (χ0n) is 9.28. The minimum absolute atomic E-state index is 0.00504. The summed E-state index contributed by atoms with van der Waals surface area (Å²) in [6.45, 7) is -0.310. The number of nitrogens with zero attached hydrogens (tertiary/aromatic N) is 1. The van der Waals surface area contributed by atoms with Crippen molar-refractivity contribution in [1.82, 2.24) is 4.90 Å². The van der Waals surface area contributed by atoms with Crippen LogP contribution in [0.25, 0.3) is 0 Å². The number of rotatable bonds is 5. The minimum Gasteiger partial charge on any atom is -0.423 e. The van der Waals surface area contributed by atoms with E-state index in [4.69, 9.17) is 10.0 Å². The van der Waals surface area contributed by atoms with Crippen LogP contribution in [0.2, 0.25) is 0 Å². The van der Waals surface area contributed by atoms with Crippen LogP contribution in [-0.2, 0) is 6.54 Å². The molecule has 1 rings (SSSR count). The molecule has 0 radical (unpaired) electrons. The fourth-order valence-electron chi connectivity index (χ4n) is 1.53. The van der Waals surface area contributed by atoms with Crippen molar-refractivity contribution in [2.75, 3.05) is 13.6 Å². The Morgan fingerprint density at radius 3 is 2.47 bits per heavy atom. The molecule has 0 aromatic heterocycles. The Bertz CT molecular complexity index is 377. The third kappa shape index (κ3) is 4.76. The van der Waals surface area contributed by atoms with Crippen molar-refractivity contribution in [1.29, 1.82) is 0 Å². The molecule has 94 valence electrons. The summed E-state index contributed by atoms with van der Waals surface area (Å²) < 4.78 is 37.3. The zero-order chi connectivity index (χ0) is 13.0. The van der Waals surface area contributed by atoms with Gasteiger partial charge < -0.3 is 10.0 Å². The van der Waals surface area contributed by atoms with Gasteiger partial charge in [0.1, 0.15) is 5.82 Å². The highest BCUT2D eigenvalue weighted by Gasteiger charge is 2.14. The van der Waals surface area contributed by atoms with E-state index in [1.807, 2.05) is 0 Å². The van der Waals surface area contributed by atoms with Crippen molar-refractivity contribution in [3.8, 4) is 0 Å². The Kier molecular flexibility index (Phi) is 4.98.